The van der Waals surface area contributed by atoms with Crippen molar-refractivity contribution in [1.82, 2.24) is 0 Å². The highest BCUT2D eigenvalue weighted by atomic mass is 35.5. The number of methoxy groups -OCH3 is 2. The van der Waals surface area contributed by atoms with Crippen LogP contribution in [0.5, 0.6) is 11.5 Å². The Morgan fingerprint density at radius 2 is 1.81 bits per heavy atom. The van der Waals surface area contributed by atoms with Crippen LogP contribution in [0.15, 0.2) is 42.5 Å². The second-order valence-corrected chi connectivity index (χ2v) is 6.26. The number of esters is 1. The second-order valence-electron chi connectivity index (χ2n) is 5.82. The quantitative estimate of drug-likeness (QED) is 0.691. The fourth-order valence-electron chi connectivity index (χ4n) is 2.40. The third kappa shape index (κ3) is 6.18. The lowest BCUT2D eigenvalue weighted by Gasteiger charge is -2.14. The SMILES string of the molecule is COc1ccc(CCC(=O)O[C@H](C)C(=O)Nc2cccc(Cl)c2)cc1OC. The number of hydrogen-bond acceptors (Lipinski definition) is 5. The average molecular weight is 392 g/mol. The molecule has 0 unspecified atom stereocenters. The van der Waals surface area contributed by atoms with Gasteiger partial charge in [0.25, 0.3) is 5.91 Å². The van der Waals surface area contributed by atoms with Crippen molar-refractivity contribution in [2.24, 2.45) is 0 Å². The minimum atomic E-state index is -0.915. The van der Waals surface area contributed by atoms with Crippen LogP contribution in [0.2, 0.25) is 5.02 Å². The van der Waals surface area contributed by atoms with Crippen molar-refractivity contribution in [3.63, 3.8) is 0 Å². The molecule has 6 nitrogen and oxygen atoms in total. The number of rotatable bonds is 8. The van der Waals surface area contributed by atoms with Gasteiger partial charge < -0.3 is 19.5 Å². The Hall–Kier alpha value is -2.73. The van der Waals surface area contributed by atoms with Crippen molar-refractivity contribution in [3.8, 4) is 11.5 Å². The van der Waals surface area contributed by atoms with Gasteiger partial charge in [0.15, 0.2) is 17.6 Å². The van der Waals surface area contributed by atoms with Gasteiger partial charge in [-0.1, -0.05) is 23.7 Å². The molecule has 0 saturated carbocycles. The van der Waals surface area contributed by atoms with Gasteiger partial charge in [-0.25, -0.2) is 0 Å². The largest absolute Gasteiger partial charge is 0.493 e. The number of hydrogen-bond donors (Lipinski definition) is 1. The first kappa shape index (κ1) is 20.6. The minimum Gasteiger partial charge on any atom is -0.493 e. The van der Waals surface area contributed by atoms with Crippen LogP contribution in [0.25, 0.3) is 0 Å². The molecule has 0 bridgehead atoms. The van der Waals surface area contributed by atoms with Crippen molar-refractivity contribution in [3.05, 3.63) is 53.1 Å². The molecule has 1 N–H and O–H groups in total. The molecular formula is C20H22ClNO5. The zero-order valence-corrected chi connectivity index (χ0v) is 16.2. The number of aryl methyl sites for hydroxylation is 1. The fraction of sp³-hybridized carbons (Fsp3) is 0.300. The molecule has 27 heavy (non-hydrogen) atoms. The molecule has 2 aromatic carbocycles. The van der Waals surface area contributed by atoms with Crippen LogP contribution in [-0.4, -0.2) is 32.2 Å². The Morgan fingerprint density at radius 1 is 1.07 bits per heavy atom. The van der Waals surface area contributed by atoms with E-state index in [4.69, 9.17) is 25.8 Å². The standard InChI is InChI=1S/C20H22ClNO5/c1-13(20(24)22-16-6-4-5-15(21)12-16)27-19(23)10-8-14-7-9-17(25-2)18(11-14)26-3/h4-7,9,11-13H,8,10H2,1-3H3,(H,22,24)/t13-/m1/s1. The highest BCUT2D eigenvalue weighted by Crippen LogP contribution is 2.28. The molecule has 0 aliphatic heterocycles. The highest BCUT2D eigenvalue weighted by molar-refractivity contribution is 6.30. The lowest BCUT2D eigenvalue weighted by Crippen LogP contribution is -2.30. The third-order valence-corrected chi connectivity index (χ3v) is 4.07. The van der Waals surface area contributed by atoms with Gasteiger partial charge in [0, 0.05) is 17.1 Å². The molecule has 0 aromatic heterocycles. The average Bonchev–Trinajstić information content (AvgIpc) is 2.66. The van der Waals surface area contributed by atoms with Crippen LogP contribution in [-0.2, 0) is 20.7 Å². The Labute approximate surface area is 163 Å². The Bertz CT molecular complexity index is 809. The zero-order chi connectivity index (χ0) is 19.8. The summed E-state index contributed by atoms with van der Waals surface area (Å²) in [6.07, 6.45) is -0.312. The maximum absolute atomic E-state index is 12.1. The van der Waals surface area contributed by atoms with Gasteiger partial charge in [-0.05, 0) is 49.2 Å². The molecule has 0 saturated heterocycles. The molecule has 144 valence electrons. The molecule has 1 atom stereocenters. The van der Waals surface area contributed by atoms with Crippen molar-refractivity contribution in [1.29, 1.82) is 0 Å². The number of anilines is 1. The first-order chi connectivity index (χ1) is 12.9. The van der Waals surface area contributed by atoms with Crippen LogP contribution < -0.4 is 14.8 Å². The summed E-state index contributed by atoms with van der Waals surface area (Å²) in [4.78, 5) is 24.2. The van der Waals surface area contributed by atoms with Crippen molar-refractivity contribution in [2.75, 3.05) is 19.5 Å². The van der Waals surface area contributed by atoms with Gasteiger partial charge in [0.2, 0.25) is 0 Å². The van der Waals surface area contributed by atoms with Crippen LogP contribution in [0.3, 0.4) is 0 Å². The number of halogens is 1. The summed E-state index contributed by atoms with van der Waals surface area (Å²) in [6, 6.07) is 12.2. The monoisotopic (exact) mass is 391 g/mol. The number of amides is 1. The summed E-state index contributed by atoms with van der Waals surface area (Å²) >= 11 is 5.88. The molecule has 1 amide bonds. The van der Waals surface area contributed by atoms with E-state index in [0.29, 0.717) is 28.6 Å². The van der Waals surface area contributed by atoms with Crippen LogP contribution in [0.1, 0.15) is 18.9 Å². The zero-order valence-electron chi connectivity index (χ0n) is 15.5. The summed E-state index contributed by atoms with van der Waals surface area (Å²) in [6.45, 7) is 1.52. The Balaban J connectivity index is 1.85. The smallest absolute Gasteiger partial charge is 0.306 e. The van der Waals surface area contributed by atoms with E-state index in [1.165, 1.54) is 6.92 Å². The third-order valence-electron chi connectivity index (χ3n) is 3.84. The maximum Gasteiger partial charge on any atom is 0.306 e. The van der Waals surface area contributed by atoms with Gasteiger partial charge in [0.05, 0.1) is 14.2 Å². The maximum atomic E-state index is 12.1. The molecular weight excluding hydrogens is 370 g/mol. The van der Waals surface area contributed by atoms with Crippen LogP contribution in [0.4, 0.5) is 5.69 Å². The lowest BCUT2D eigenvalue weighted by atomic mass is 10.1. The van der Waals surface area contributed by atoms with E-state index in [2.05, 4.69) is 5.32 Å². The summed E-state index contributed by atoms with van der Waals surface area (Å²) in [5.74, 6) is 0.336. The van der Waals surface area contributed by atoms with E-state index in [0.717, 1.165) is 5.56 Å². The van der Waals surface area contributed by atoms with E-state index in [9.17, 15) is 9.59 Å². The molecule has 7 heteroatoms. The van der Waals surface area contributed by atoms with Crippen molar-refractivity contribution < 1.29 is 23.8 Å². The summed E-state index contributed by atoms with van der Waals surface area (Å²) < 4.78 is 15.6. The molecule has 0 heterocycles. The fourth-order valence-corrected chi connectivity index (χ4v) is 2.59. The van der Waals surface area contributed by atoms with E-state index in [-0.39, 0.29) is 6.42 Å². The lowest BCUT2D eigenvalue weighted by molar-refractivity contribution is -0.153. The molecule has 2 aromatic rings. The molecule has 0 fully saturated rings. The number of benzene rings is 2. The first-order valence-electron chi connectivity index (χ1n) is 8.39. The number of nitrogens with one attached hydrogen (secondary N) is 1. The van der Waals surface area contributed by atoms with E-state index < -0.39 is 18.0 Å². The summed E-state index contributed by atoms with van der Waals surface area (Å²) in [5, 5.41) is 3.17. The predicted molar refractivity (Wildman–Crippen MR) is 104 cm³/mol. The topological polar surface area (TPSA) is 73.9 Å². The molecule has 0 aliphatic carbocycles. The number of carbonyl (C=O) groups excluding carboxylic acids is 2. The van der Waals surface area contributed by atoms with Gasteiger partial charge >= 0.3 is 5.97 Å². The number of ether oxygens (including phenoxy) is 3. The van der Waals surface area contributed by atoms with E-state index >= 15 is 0 Å². The summed E-state index contributed by atoms with van der Waals surface area (Å²) in [5.41, 5.74) is 1.45. The van der Waals surface area contributed by atoms with Gasteiger partial charge in [-0.3, -0.25) is 9.59 Å². The van der Waals surface area contributed by atoms with Crippen LogP contribution in [0, 0.1) is 0 Å². The highest BCUT2D eigenvalue weighted by Gasteiger charge is 2.18. The Morgan fingerprint density at radius 3 is 2.48 bits per heavy atom. The Kier molecular flexibility index (Phi) is 7.49. The minimum absolute atomic E-state index is 0.143. The van der Waals surface area contributed by atoms with Gasteiger partial charge in [-0.2, -0.15) is 0 Å². The van der Waals surface area contributed by atoms with E-state index in [1.807, 2.05) is 6.07 Å². The van der Waals surface area contributed by atoms with Gasteiger partial charge in [0.1, 0.15) is 0 Å². The van der Waals surface area contributed by atoms with Crippen molar-refractivity contribution in [2.45, 2.75) is 25.9 Å². The summed E-state index contributed by atoms with van der Waals surface area (Å²) in [7, 11) is 3.11. The second kappa shape index (κ2) is 9.83. The number of carbonyl (C=O) groups is 2. The molecule has 0 radical (unpaired) electrons. The molecule has 0 spiro atoms. The normalized spacial score (nSPS) is 11.4. The van der Waals surface area contributed by atoms with Crippen molar-refractivity contribution >= 4 is 29.2 Å². The molecule has 0 aliphatic rings. The van der Waals surface area contributed by atoms with Crippen LogP contribution >= 0.6 is 11.6 Å². The first-order valence-corrected chi connectivity index (χ1v) is 8.77. The van der Waals surface area contributed by atoms with E-state index in [1.54, 1.807) is 50.6 Å². The predicted octanol–water partition coefficient (Wildman–Crippen LogP) is 3.86. The molecule has 2 rings (SSSR count). The van der Waals surface area contributed by atoms with Gasteiger partial charge in [-0.15, -0.1) is 0 Å².